The number of hydrogen-bond acceptors (Lipinski definition) is 5. The van der Waals surface area contributed by atoms with Gasteiger partial charge in [-0.25, -0.2) is 0 Å². The van der Waals surface area contributed by atoms with Crippen molar-refractivity contribution in [1.29, 1.82) is 0 Å². The Morgan fingerprint density at radius 2 is 1.70 bits per heavy atom. The number of benzene rings is 2. The Labute approximate surface area is 181 Å². The fourth-order valence-electron chi connectivity index (χ4n) is 3.44. The molecule has 2 rings (SSSR count). The smallest absolute Gasteiger partial charge is 0.236 e. The van der Waals surface area contributed by atoms with E-state index < -0.39 is 7.37 Å². The molecular weight excluding hydrogens is 399 g/mol. The highest BCUT2D eigenvalue weighted by Crippen LogP contribution is 2.42. The molecule has 0 bridgehead atoms. The second-order valence-electron chi connectivity index (χ2n) is 8.00. The lowest BCUT2D eigenvalue weighted by Gasteiger charge is -2.18. The Hall–Kier alpha value is -1.81. The summed E-state index contributed by atoms with van der Waals surface area (Å²) in [5.74, 6) is 1.94. The van der Waals surface area contributed by atoms with Crippen molar-refractivity contribution in [3.63, 3.8) is 0 Å². The number of aryl methyl sites for hydroxylation is 2. The van der Waals surface area contributed by atoms with E-state index in [0.29, 0.717) is 12.5 Å². The van der Waals surface area contributed by atoms with Crippen LogP contribution in [0.25, 0.3) is 0 Å². The Bertz CT molecular complexity index is 868. The first-order chi connectivity index (χ1) is 14.2. The molecule has 2 aromatic rings. The first-order valence-electron chi connectivity index (χ1n) is 10.4. The van der Waals surface area contributed by atoms with Gasteiger partial charge in [0, 0.05) is 13.8 Å². The lowest BCUT2D eigenvalue weighted by Crippen LogP contribution is -2.05. The molecule has 0 saturated heterocycles. The zero-order valence-electron chi connectivity index (χ0n) is 19.3. The maximum atomic E-state index is 12.3. The van der Waals surface area contributed by atoms with Crippen LogP contribution in [0.4, 0.5) is 0 Å². The molecule has 0 aliphatic rings. The van der Waals surface area contributed by atoms with Crippen molar-refractivity contribution in [1.82, 2.24) is 0 Å². The van der Waals surface area contributed by atoms with Gasteiger partial charge in [0.05, 0.1) is 6.61 Å². The molecule has 0 amide bonds. The minimum Gasteiger partial charge on any atom is -0.484 e. The summed E-state index contributed by atoms with van der Waals surface area (Å²) in [4.78, 5) is 0. The van der Waals surface area contributed by atoms with Gasteiger partial charge in [-0.2, -0.15) is 0 Å². The summed E-state index contributed by atoms with van der Waals surface area (Å²) in [6.45, 7) is 12.6. The Kier molecular flexibility index (Phi) is 8.96. The SMILES string of the molecule is CCOP(C)(=O)COc1cc(C)c(Cc2ccc(OCOC)c(C(C)C)c2)c(C)c1. The highest BCUT2D eigenvalue weighted by molar-refractivity contribution is 7.57. The third-order valence-electron chi connectivity index (χ3n) is 4.95. The molecule has 166 valence electrons. The second-order valence-corrected chi connectivity index (χ2v) is 10.5. The highest BCUT2D eigenvalue weighted by atomic mass is 31.2. The van der Waals surface area contributed by atoms with Crippen LogP contribution in [-0.4, -0.2) is 33.5 Å². The van der Waals surface area contributed by atoms with Crippen LogP contribution < -0.4 is 9.47 Å². The monoisotopic (exact) mass is 434 g/mol. The molecule has 0 heterocycles. The molecule has 0 spiro atoms. The second kappa shape index (κ2) is 11.0. The van der Waals surface area contributed by atoms with Gasteiger partial charge in [0.15, 0.2) is 13.1 Å². The molecule has 0 fully saturated rings. The van der Waals surface area contributed by atoms with Crippen molar-refractivity contribution in [2.45, 2.75) is 47.0 Å². The van der Waals surface area contributed by atoms with Crippen molar-refractivity contribution >= 4 is 7.37 Å². The summed E-state index contributed by atoms with van der Waals surface area (Å²) in [5, 5.41) is 0. The summed E-state index contributed by atoms with van der Waals surface area (Å²) in [5.41, 5.74) is 5.98. The van der Waals surface area contributed by atoms with E-state index in [1.165, 1.54) is 16.7 Å². The average Bonchev–Trinajstić information content (AvgIpc) is 2.68. The average molecular weight is 435 g/mol. The summed E-state index contributed by atoms with van der Waals surface area (Å²) < 4.78 is 34.1. The molecular formula is C24H35O5P. The van der Waals surface area contributed by atoms with Crippen LogP contribution in [0.3, 0.4) is 0 Å². The minimum atomic E-state index is -2.73. The van der Waals surface area contributed by atoms with Crippen LogP contribution in [0.1, 0.15) is 54.5 Å². The molecule has 0 radical (unpaired) electrons. The summed E-state index contributed by atoms with van der Waals surface area (Å²) in [6, 6.07) is 10.4. The van der Waals surface area contributed by atoms with E-state index in [4.69, 9.17) is 18.7 Å². The van der Waals surface area contributed by atoms with Gasteiger partial charge in [-0.15, -0.1) is 0 Å². The van der Waals surface area contributed by atoms with E-state index in [2.05, 4.69) is 39.8 Å². The van der Waals surface area contributed by atoms with Crippen LogP contribution in [0.15, 0.2) is 30.3 Å². The third-order valence-corrected chi connectivity index (χ3v) is 6.35. The standard InChI is InChI=1S/C24H35O5P/c1-8-29-30(7,25)16-28-21-11-18(4)23(19(5)12-21)14-20-9-10-24(27-15-26-6)22(13-20)17(2)3/h9-13,17H,8,14-16H2,1-7H3. The molecule has 0 N–H and O–H groups in total. The predicted molar refractivity (Wildman–Crippen MR) is 122 cm³/mol. The largest absolute Gasteiger partial charge is 0.484 e. The molecule has 1 atom stereocenters. The molecule has 5 nitrogen and oxygen atoms in total. The van der Waals surface area contributed by atoms with Gasteiger partial charge in [0.2, 0.25) is 7.37 Å². The number of ether oxygens (including phenoxy) is 3. The van der Waals surface area contributed by atoms with Gasteiger partial charge >= 0.3 is 0 Å². The summed E-state index contributed by atoms with van der Waals surface area (Å²) in [7, 11) is -1.10. The lowest BCUT2D eigenvalue weighted by atomic mass is 9.93. The van der Waals surface area contributed by atoms with Crippen molar-refractivity contribution < 1.29 is 23.3 Å². The molecule has 0 aromatic heterocycles. The fourth-order valence-corrected chi connectivity index (χ4v) is 4.44. The molecule has 0 aliphatic carbocycles. The quantitative estimate of drug-likeness (QED) is 0.308. The van der Waals surface area contributed by atoms with Crippen molar-refractivity contribution in [2.24, 2.45) is 0 Å². The first-order valence-corrected chi connectivity index (χ1v) is 12.6. The van der Waals surface area contributed by atoms with Crippen LogP contribution >= 0.6 is 7.37 Å². The molecule has 2 aromatic carbocycles. The normalized spacial score (nSPS) is 13.3. The van der Waals surface area contributed by atoms with E-state index in [0.717, 1.165) is 29.0 Å². The van der Waals surface area contributed by atoms with Crippen LogP contribution in [-0.2, 0) is 20.2 Å². The molecule has 0 saturated carbocycles. The van der Waals surface area contributed by atoms with Gasteiger partial charge < -0.3 is 18.7 Å². The van der Waals surface area contributed by atoms with Gasteiger partial charge in [0.1, 0.15) is 11.5 Å². The summed E-state index contributed by atoms with van der Waals surface area (Å²) >= 11 is 0. The maximum Gasteiger partial charge on any atom is 0.236 e. The van der Waals surface area contributed by atoms with Crippen LogP contribution in [0.5, 0.6) is 11.5 Å². The fraction of sp³-hybridized carbons (Fsp3) is 0.500. The van der Waals surface area contributed by atoms with E-state index in [1.54, 1.807) is 13.8 Å². The number of hydrogen-bond donors (Lipinski definition) is 0. The predicted octanol–water partition coefficient (Wildman–Crippen LogP) is 6.28. The Morgan fingerprint density at radius 3 is 2.27 bits per heavy atom. The van der Waals surface area contributed by atoms with Gasteiger partial charge in [0.25, 0.3) is 0 Å². The molecule has 0 aliphatic heterocycles. The van der Waals surface area contributed by atoms with E-state index in [-0.39, 0.29) is 13.1 Å². The van der Waals surface area contributed by atoms with E-state index >= 15 is 0 Å². The lowest BCUT2D eigenvalue weighted by molar-refractivity contribution is 0.0502. The van der Waals surface area contributed by atoms with E-state index in [9.17, 15) is 4.57 Å². The van der Waals surface area contributed by atoms with Gasteiger partial charge in [-0.1, -0.05) is 26.0 Å². The van der Waals surface area contributed by atoms with Gasteiger partial charge in [-0.3, -0.25) is 4.57 Å². The number of rotatable bonds is 11. The van der Waals surface area contributed by atoms with Crippen molar-refractivity contribution in [3.05, 3.63) is 58.1 Å². The highest BCUT2D eigenvalue weighted by Gasteiger charge is 2.17. The van der Waals surface area contributed by atoms with Crippen molar-refractivity contribution in [3.8, 4) is 11.5 Å². The topological polar surface area (TPSA) is 54.0 Å². The zero-order valence-corrected chi connectivity index (χ0v) is 20.2. The minimum absolute atomic E-state index is 0.0831. The number of methoxy groups -OCH3 is 1. The van der Waals surface area contributed by atoms with Crippen LogP contribution in [0, 0.1) is 13.8 Å². The maximum absolute atomic E-state index is 12.3. The molecule has 30 heavy (non-hydrogen) atoms. The third kappa shape index (κ3) is 6.87. The first kappa shape index (κ1) is 24.5. The summed E-state index contributed by atoms with van der Waals surface area (Å²) in [6.07, 6.45) is 0.910. The molecule has 6 heteroatoms. The van der Waals surface area contributed by atoms with Crippen molar-refractivity contribution in [2.75, 3.05) is 33.5 Å². The Morgan fingerprint density at radius 1 is 1.03 bits per heavy atom. The van der Waals surface area contributed by atoms with Crippen LogP contribution in [0.2, 0.25) is 0 Å². The molecule has 1 unspecified atom stereocenters. The Balaban J connectivity index is 2.20. The zero-order chi connectivity index (χ0) is 22.3. The van der Waals surface area contributed by atoms with Gasteiger partial charge in [-0.05, 0) is 79.1 Å². The van der Waals surface area contributed by atoms with E-state index in [1.807, 2.05) is 25.1 Å².